The van der Waals surface area contributed by atoms with Crippen LogP contribution in [0.2, 0.25) is 0 Å². The quantitative estimate of drug-likeness (QED) is 0.824. The molecule has 0 spiro atoms. The van der Waals surface area contributed by atoms with Crippen LogP contribution in [0.1, 0.15) is 6.92 Å². The molecule has 0 unspecified atom stereocenters. The number of aromatic nitrogens is 1. The summed E-state index contributed by atoms with van der Waals surface area (Å²) in [5.41, 5.74) is 5.90. The zero-order valence-corrected chi connectivity index (χ0v) is 12.0. The topological polar surface area (TPSA) is 94.3 Å². The third-order valence-electron chi connectivity index (χ3n) is 2.52. The number of sulfonamides is 1. The number of halogens is 1. The van der Waals surface area contributed by atoms with Crippen molar-refractivity contribution >= 4 is 21.5 Å². The number of nitrogen functional groups attached to an aromatic ring is 1. The molecule has 0 amide bonds. The van der Waals surface area contributed by atoms with E-state index in [1.54, 1.807) is 13.0 Å². The zero-order valence-electron chi connectivity index (χ0n) is 11.2. The number of benzene rings is 1. The van der Waals surface area contributed by atoms with E-state index in [9.17, 15) is 12.8 Å². The van der Waals surface area contributed by atoms with E-state index in [-0.39, 0.29) is 22.2 Å². The van der Waals surface area contributed by atoms with Crippen LogP contribution in [0.4, 0.5) is 15.9 Å². The van der Waals surface area contributed by atoms with Crippen molar-refractivity contribution in [2.24, 2.45) is 0 Å². The van der Waals surface area contributed by atoms with Crippen LogP contribution in [-0.4, -0.2) is 20.0 Å². The largest absolute Gasteiger partial charge is 0.492 e. The number of nitrogens with two attached hydrogens (primary N) is 1. The Hall–Kier alpha value is -2.35. The predicted molar refractivity (Wildman–Crippen MR) is 77.0 cm³/mol. The van der Waals surface area contributed by atoms with E-state index in [2.05, 4.69) is 9.71 Å². The van der Waals surface area contributed by atoms with E-state index in [0.29, 0.717) is 6.61 Å². The van der Waals surface area contributed by atoms with E-state index >= 15 is 0 Å². The molecule has 0 aliphatic carbocycles. The minimum atomic E-state index is -3.94. The smallest absolute Gasteiger partial charge is 0.266 e. The molecule has 2 aromatic rings. The molecular formula is C13H14FN3O3S. The molecule has 112 valence electrons. The van der Waals surface area contributed by atoms with Gasteiger partial charge in [0.25, 0.3) is 10.0 Å². The first kappa shape index (κ1) is 15.0. The van der Waals surface area contributed by atoms with Gasteiger partial charge < -0.3 is 10.5 Å². The Morgan fingerprint density at radius 1 is 1.33 bits per heavy atom. The van der Waals surface area contributed by atoms with Crippen molar-refractivity contribution in [1.29, 1.82) is 0 Å². The first-order valence-electron chi connectivity index (χ1n) is 6.09. The Morgan fingerprint density at radius 2 is 2.10 bits per heavy atom. The first-order chi connectivity index (χ1) is 9.92. The lowest BCUT2D eigenvalue weighted by atomic mass is 10.3. The van der Waals surface area contributed by atoms with Gasteiger partial charge in [0.05, 0.1) is 12.8 Å². The van der Waals surface area contributed by atoms with Crippen LogP contribution in [0.3, 0.4) is 0 Å². The van der Waals surface area contributed by atoms with Crippen LogP contribution < -0.4 is 15.2 Å². The number of ether oxygens (including phenoxy) is 1. The second kappa shape index (κ2) is 5.96. The highest BCUT2D eigenvalue weighted by atomic mass is 32.2. The molecule has 0 saturated carbocycles. The molecule has 0 saturated heterocycles. The summed E-state index contributed by atoms with van der Waals surface area (Å²) in [5, 5.41) is 0. The molecule has 1 aromatic heterocycles. The summed E-state index contributed by atoms with van der Waals surface area (Å²) in [6.45, 7) is 2.04. The lowest BCUT2D eigenvalue weighted by Gasteiger charge is -2.12. The minimum Gasteiger partial charge on any atom is -0.492 e. The van der Waals surface area contributed by atoms with Gasteiger partial charge in [0.2, 0.25) is 0 Å². The van der Waals surface area contributed by atoms with Gasteiger partial charge in [-0.25, -0.2) is 17.8 Å². The van der Waals surface area contributed by atoms with Crippen molar-refractivity contribution in [3.05, 3.63) is 42.3 Å². The van der Waals surface area contributed by atoms with Crippen molar-refractivity contribution in [3.8, 4) is 5.75 Å². The Morgan fingerprint density at radius 3 is 2.71 bits per heavy atom. The van der Waals surface area contributed by atoms with Gasteiger partial charge in [0.1, 0.15) is 22.3 Å². The van der Waals surface area contributed by atoms with Crippen LogP contribution in [0, 0.1) is 5.82 Å². The van der Waals surface area contributed by atoms with Crippen LogP contribution in [0.5, 0.6) is 5.75 Å². The Bertz CT molecular complexity index is 733. The van der Waals surface area contributed by atoms with Crippen LogP contribution in [0.25, 0.3) is 0 Å². The molecule has 0 bridgehead atoms. The average molecular weight is 311 g/mol. The van der Waals surface area contributed by atoms with E-state index in [4.69, 9.17) is 10.5 Å². The average Bonchev–Trinajstić information content (AvgIpc) is 2.43. The first-order valence-corrected chi connectivity index (χ1v) is 7.57. The van der Waals surface area contributed by atoms with Gasteiger partial charge in [0, 0.05) is 5.69 Å². The number of anilines is 2. The number of hydrogen-bond acceptors (Lipinski definition) is 5. The van der Waals surface area contributed by atoms with Crippen molar-refractivity contribution in [1.82, 2.24) is 4.98 Å². The number of rotatable bonds is 5. The number of pyridine rings is 1. The van der Waals surface area contributed by atoms with Crippen molar-refractivity contribution in [2.75, 3.05) is 17.1 Å². The fourth-order valence-electron chi connectivity index (χ4n) is 1.64. The van der Waals surface area contributed by atoms with Gasteiger partial charge >= 0.3 is 0 Å². The number of nitrogens with one attached hydrogen (secondary N) is 1. The van der Waals surface area contributed by atoms with Crippen LogP contribution >= 0.6 is 0 Å². The monoisotopic (exact) mass is 311 g/mol. The van der Waals surface area contributed by atoms with Gasteiger partial charge in [-0.3, -0.25) is 4.72 Å². The fraction of sp³-hybridized carbons (Fsp3) is 0.154. The van der Waals surface area contributed by atoms with Crippen molar-refractivity contribution in [3.63, 3.8) is 0 Å². The SMILES string of the molecule is CCOc1ccc(N)cc1S(=O)(=O)Nc1ccc(F)cn1. The summed E-state index contributed by atoms with van der Waals surface area (Å²) in [6, 6.07) is 6.63. The molecule has 6 nitrogen and oxygen atoms in total. The van der Waals surface area contributed by atoms with Crippen LogP contribution in [-0.2, 0) is 10.0 Å². The van der Waals surface area contributed by atoms with E-state index in [0.717, 1.165) is 12.3 Å². The van der Waals surface area contributed by atoms with E-state index < -0.39 is 15.8 Å². The maximum Gasteiger partial charge on any atom is 0.266 e. The normalized spacial score (nSPS) is 11.1. The minimum absolute atomic E-state index is 0.00118. The molecule has 0 radical (unpaired) electrons. The third kappa shape index (κ3) is 3.60. The molecular weight excluding hydrogens is 297 g/mol. The second-order valence-electron chi connectivity index (χ2n) is 4.11. The molecule has 0 aliphatic rings. The van der Waals surface area contributed by atoms with Gasteiger partial charge in [-0.15, -0.1) is 0 Å². The molecule has 0 fully saturated rings. The fourth-order valence-corrected chi connectivity index (χ4v) is 2.83. The summed E-state index contributed by atoms with van der Waals surface area (Å²) in [7, 11) is -3.94. The molecule has 3 N–H and O–H groups in total. The van der Waals surface area contributed by atoms with Crippen molar-refractivity contribution < 1.29 is 17.5 Å². The number of nitrogens with zero attached hydrogens (tertiary/aromatic N) is 1. The highest BCUT2D eigenvalue weighted by molar-refractivity contribution is 7.92. The summed E-state index contributed by atoms with van der Waals surface area (Å²) in [6.07, 6.45) is 0.917. The summed E-state index contributed by atoms with van der Waals surface area (Å²) >= 11 is 0. The van der Waals surface area contributed by atoms with Gasteiger partial charge in [-0.1, -0.05) is 0 Å². The summed E-state index contributed by atoms with van der Waals surface area (Å²) in [5.74, 6) is -0.375. The highest BCUT2D eigenvalue weighted by Gasteiger charge is 2.20. The standard InChI is InChI=1S/C13H14FN3O3S/c1-2-20-11-5-4-10(15)7-12(11)21(18,19)17-13-6-3-9(14)8-16-13/h3-8H,2,15H2,1H3,(H,16,17). The summed E-state index contributed by atoms with van der Waals surface area (Å²) in [4.78, 5) is 3.55. The lowest BCUT2D eigenvalue weighted by molar-refractivity contribution is 0.331. The maximum atomic E-state index is 12.8. The van der Waals surface area contributed by atoms with Gasteiger partial charge in [-0.05, 0) is 37.3 Å². The molecule has 0 aliphatic heterocycles. The second-order valence-corrected chi connectivity index (χ2v) is 5.76. The predicted octanol–water partition coefficient (Wildman–Crippen LogP) is 2.00. The molecule has 21 heavy (non-hydrogen) atoms. The molecule has 1 aromatic carbocycles. The van der Waals surface area contributed by atoms with E-state index in [1.807, 2.05) is 0 Å². The molecule has 2 rings (SSSR count). The van der Waals surface area contributed by atoms with E-state index in [1.165, 1.54) is 18.2 Å². The zero-order chi connectivity index (χ0) is 15.5. The van der Waals surface area contributed by atoms with Gasteiger partial charge in [0.15, 0.2) is 0 Å². The maximum absolute atomic E-state index is 12.8. The number of hydrogen-bond donors (Lipinski definition) is 2. The highest BCUT2D eigenvalue weighted by Crippen LogP contribution is 2.27. The van der Waals surface area contributed by atoms with Crippen molar-refractivity contribution in [2.45, 2.75) is 11.8 Å². The Balaban J connectivity index is 2.39. The third-order valence-corrected chi connectivity index (χ3v) is 3.90. The summed E-state index contributed by atoms with van der Waals surface area (Å²) < 4.78 is 45.0. The lowest BCUT2D eigenvalue weighted by Crippen LogP contribution is -2.15. The van der Waals surface area contributed by atoms with Crippen LogP contribution in [0.15, 0.2) is 41.4 Å². The Labute approximate surface area is 121 Å². The molecule has 8 heteroatoms. The Kier molecular flexibility index (Phi) is 4.27. The molecule has 0 atom stereocenters. The molecule has 1 heterocycles. The van der Waals surface area contributed by atoms with Gasteiger partial charge in [-0.2, -0.15) is 0 Å².